The topological polar surface area (TPSA) is 49.3 Å². The van der Waals surface area contributed by atoms with Crippen molar-refractivity contribution in [2.24, 2.45) is 0 Å². The lowest BCUT2D eigenvalue weighted by atomic mass is 10.1. The maximum absolute atomic E-state index is 13.5. The number of fused-ring (bicyclic) bond motifs is 1. The minimum atomic E-state index is -0.786. The Hall–Kier alpha value is -1.68. The van der Waals surface area contributed by atoms with Gasteiger partial charge in [-0.2, -0.15) is 0 Å². The zero-order chi connectivity index (χ0) is 13.3. The fourth-order valence-corrected chi connectivity index (χ4v) is 2.18. The van der Waals surface area contributed by atoms with Crippen molar-refractivity contribution in [1.82, 2.24) is 5.32 Å². The first-order valence-corrected chi connectivity index (χ1v) is 5.90. The lowest BCUT2D eigenvalue weighted by Gasteiger charge is -2.17. The number of halogens is 1. The Balaban J connectivity index is 2.21. The summed E-state index contributed by atoms with van der Waals surface area (Å²) in [5.74, 6) is -1.55. The van der Waals surface area contributed by atoms with Gasteiger partial charge in [-0.25, -0.2) is 4.39 Å². The molecule has 2 rings (SSSR count). The fourth-order valence-electron chi connectivity index (χ4n) is 2.18. The first-order chi connectivity index (χ1) is 8.50. The van der Waals surface area contributed by atoms with Crippen molar-refractivity contribution in [2.75, 3.05) is 0 Å². The molecule has 0 unspecified atom stereocenters. The number of nitrogens with one attached hydrogen (secondary N) is 1. The highest BCUT2D eigenvalue weighted by Crippen LogP contribution is 2.31. The van der Waals surface area contributed by atoms with E-state index in [4.69, 9.17) is 0 Å². The minimum absolute atomic E-state index is 0.327. The summed E-state index contributed by atoms with van der Waals surface area (Å²) in [5.41, 5.74) is 2.18. The van der Waals surface area contributed by atoms with Gasteiger partial charge in [0, 0.05) is 6.42 Å². The molecule has 1 aliphatic carbocycles. The van der Waals surface area contributed by atoms with E-state index >= 15 is 0 Å². The van der Waals surface area contributed by atoms with E-state index in [1.165, 1.54) is 13.8 Å². The minimum Gasteiger partial charge on any atom is -0.390 e. The second kappa shape index (κ2) is 4.90. The number of rotatable bonds is 2. The molecule has 0 fully saturated rings. The largest absolute Gasteiger partial charge is 0.390 e. The Bertz CT molecular complexity index is 506. The molecule has 0 spiro atoms. The number of allylic oxidation sites excluding steroid dienone is 1. The lowest BCUT2D eigenvalue weighted by Crippen LogP contribution is -2.34. The van der Waals surface area contributed by atoms with Crippen molar-refractivity contribution < 1.29 is 14.3 Å². The number of benzene rings is 1. The fraction of sp³-hybridized carbons (Fsp3) is 0.357. The molecule has 0 saturated heterocycles. The monoisotopic (exact) mass is 249 g/mol. The second-order valence-corrected chi connectivity index (χ2v) is 4.74. The zero-order valence-electron chi connectivity index (χ0n) is 10.4. The highest BCUT2D eigenvalue weighted by molar-refractivity contribution is 5.92. The number of hydrogen-bond donors (Lipinski definition) is 2. The third-order valence-electron chi connectivity index (χ3n) is 3.13. The Morgan fingerprint density at radius 3 is 2.72 bits per heavy atom. The Morgan fingerprint density at radius 2 is 2.06 bits per heavy atom. The van der Waals surface area contributed by atoms with E-state index in [9.17, 15) is 14.3 Å². The van der Waals surface area contributed by atoms with Crippen LogP contribution in [0.5, 0.6) is 0 Å². The van der Waals surface area contributed by atoms with Crippen molar-refractivity contribution in [3.63, 3.8) is 0 Å². The first kappa shape index (κ1) is 12.8. The lowest BCUT2D eigenvalue weighted by molar-refractivity contribution is -0.120. The van der Waals surface area contributed by atoms with E-state index in [1.54, 1.807) is 0 Å². The molecular weight excluding hydrogens is 233 g/mol. The van der Waals surface area contributed by atoms with Crippen molar-refractivity contribution >= 4 is 5.91 Å². The average molecular weight is 249 g/mol. The van der Waals surface area contributed by atoms with Crippen molar-refractivity contribution in [2.45, 2.75) is 32.4 Å². The molecule has 0 aromatic heterocycles. The normalized spacial score (nSPS) is 21.3. The summed E-state index contributed by atoms with van der Waals surface area (Å²) in [6.45, 7) is 3.07. The Morgan fingerprint density at radius 1 is 1.39 bits per heavy atom. The molecule has 0 heterocycles. The summed E-state index contributed by atoms with van der Waals surface area (Å²) in [4.78, 5) is 11.6. The summed E-state index contributed by atoms with van der Waals surface area (Å²) in [6.07, 6.45) is -0.214. The van der Waals surface area contributed by atoms with Crippen LogP contribution in [0.2, 0.25) is 0 Å². The van der Waals surface area contributed by atoms with Crippen LogP contribution in [-0.2, 0) is 11.2 Å². The molecule has 2 atom stereocenters. The van der Waals surface area contributed by atoms with E-state index in [1.807, 2.05) is 24.3 Å². The van der Waals surface area contributed by atoms with Gasteiger partial charge in [0.1, 0.15) is 0 Å². The smallest absolute Gasteiger partial charge is 0.280 e. The van der Waals surface area contributed by atoms with Crippen LogP contribution < -0.4 is 5.32 Å². The molecular formula is C14H16FNO2. The SMILES string of the molecule is CC(C)=C(F)C(=O)N[C@@H]1c2ccccc2C[C@@H]1O. The van der Waals surface area contributed by atoms with Crippen LogP contribution in [0.3, 0.4) is 0 Å². The Labute approximate surface area is 105 Å². The van der Waals surface area contributed by atoms with Gasteiger partial charge in [-0.1, -0.05) is 24.3 Å². The number of carbonyl (C=O) groups is 1. The van der Waals surface area contributed by atoms with Gasteiger partial charge in [0.2, 0.25) is 0 Å². The average Bonchev–Trinajstić information content (AvgIpc) is 2.65. The summed E-state index contributed by atoms with van der Waals surface area (Å²) in [6, 6.07) is 6.94. The molecule has 0 radical (unpaired) electrons. The molecule has 2 N–H and O–H groups in total. The van der Waals surface area contributed by atoms with Crippen LogP contribution in [0.4, 0.5) is 4.39 Å². The molecule has 1 aromatic carbocycles. The highest BCUT2D eigenvalue weighted by Gasteiger charge is 2.32. The van der Waals surface area contributed by atoms with E-state index in [2.05, 4.69) is 5.32 Å². The molecule has 0 saturated carbocycles. The molecule has 1 aliphatic rings. The van der Waals surface area contributed by atoms with Crippen LogP contribution in [0, 0.1) is 0 Å². The van der Waals surface area contributed by atoms with Gasteiger partial charge in [-0.3, -0.25) is 4.79 Å². The quantitative estimate of drug-likeness (QED) is 0.788. The molecule has 1 aromatic rings. The molecule has 1 amide bonds. The zero-order valence-corrected chi connectivity index (χ0v) is 10.4. The van der Waals surface area contributed by atoms with Gasteiger partial charge in [0.05, 0.1) is 12.1 Å². The maximum Gasteiger partial charge on any atom is 0.280 e. The molecule has 0 bridgehead atoms. The first-order valence-electron chi connectivity index (χ1n) is 5.90. The predicted octanol–water partition coefficient (Wildman–Crippen LogP) is 2.02. The van der Waals surface area contributed by atoms with Crippen LogP contribution in [0.25, 0.3) is 0 Å². The van der Waals surface area contributed by atoms with Gasteiger partial charge in [-0.05, 0) is 30.5 Å². The van der Waals surface area contributed by atoms with Crippen LogP contribution in [0.1, 0.15) is 31.0 Å². The van der Waals surface area contributed by atoms with Crippen molar-refractivity contribution in [3.8, 4) is 0 Å². The van der Waals surface area contributed by atoms with Crippen molar-refractivity contribution in [3.05, 3.63) is 46.8 Å². The molecule has 4 heteroatoms. The molecule has 0 aliphatic heterocycles. The third-order valence-corrected chi connectivity index (χ3v) is 3.13. The van der Waals surface area contributed by atoms with E-state index in [0.29, 0.717) is 12.0 Å². The number of hydrogen-bond acceptors (Lipinski definition) is 2. The highest BCUT2D eigenvalue weighted by atomic mass is 19.1. The van der Waals surface area contributed by atoms with Gasteiger partial charge in [-0.15, -0.1) is 0 Å². The summed E-state index contributed by atoms with van der Waals surface area (Å²) in [5, 5.41) is 12.5. The van der Waals surface area contributed by atoms with Gasteiger partial charge in [0.15, 0.2) is 5.83 Å². The Kier molecular flexibility index (Phi) is 3.48. The second-order valence-electron chi connectivity index (χ2n) is 4.74. The van der Waals surface area contributed by atoms with E-state index < -0.39 is 23.9 Å². The van der Waals surface area contributed by atoms with Gasteiger partial charge >= 0.3 is 0 Å². The van der Waals surface area contributed by atoms with E-state index in [-0.39, 0.29) is 0 Å². The number of aliphatic hydroxyl groups is 1. The van der Waals surface area contributed by atoms with Crippen LogP contribution >= 0.6 is 0 Å². The predicted molar refractivity (Wildman–Crippen MR) is 66.5 cm³/mol. The summed E-state index contributed by atoms with van der Waals surface area (Å²) in [7, 11) is 0. The van der Waals surface area contributed by atoms with Gasteiger partial charge in [0.25, 0.3) is 5.91 Å². The molecule has 18 heavy (non-hydrogen) atoms. The molecule has 3 nitrogen and oxygen atoms in total. The van der Waals surface area contributed by atoms with Crippen molar-refractivity contribution in [1.29, 1.82) is 0 Å². The standard InChI is InChI=1S/C14H16FNO2/c1-8(2)12(15)14(18)16-13-10-6-4-3-5-9(10)7-11(13)17/h3-6,11,13,17H,7H2,1-2H3,(H,16,18)/t11-,13+/m0/s1. The van der Waals surface area contributed by atoms with E-state index in [0.717, 1.165) is 11.1 Å². The number of carbonyl (C=O) groups excluding carboxylic acids is 1. The molecule has 96 valence electrons. The number of aliphatic hydroxyl groups excluding tert-OH is 1. The summed E-state index contributed by atoms with van der Waals surface area (Å²) >= 11 is 0. The van der Waals surface area contributed by atoms with Crippen LogP contribution in [0.15, 0.2) is 35.7 Å². The number of amides is 1. The maximum atomic E-state index is 13.5. The summed E-state index contributed by atoms with van der Waals surface area (Å²) < 4.78 is 13.5. The van der Waals surface area contributed by atoms with Gasteiger partial charge < -0.3 is 10.4 Å². The third kappa shape index (κ3) is 2.29. The van der Waals surface area contributed by atoms with Crippen LogP contribution in [-0.4, -0.2) is 17.1 Å².